The highest BCUT2D eigenvalue weighted by Gasteiger charge is 2.33. The molecule has 0 spiro atoms. The van der Waals surface area contributed by atoms with Crippen molar-refractivity contribution in [3.8, 4) is 11.8 Å². The second kappa shape index (κ2) is 11.8. The van der Waals surface area contributed by atoms with Gasteiger partial charge < -0.3 is 9.47 Å². The van der Waals surface area contributed by atoms with Crippen molar-refractivity contribution < 1.29 is 19.1 Å². The molecule has 5 heteroatoms. The van der Waals surface area contributed by atoms with Gasteiger partial charge in [-0.2, -0.15) is 0 Å². The molecule has 2 aromatic rings. The largest absolute Gasteiger partial charge is 0.464 e. The summed E-state index contributed by atoms with van der Waals surface area (Å²) < 4.78 is 10.9. The fourth-order valence-corrected chi connectivity index (χ4v) is 2.95. The lowest BCUT2D eigenvalue weighted by Crippen LogP contribution is -2.49. The Labute approximate surface area is 185 Å². The number of esters is 1. The van der Waals surface area contributed by atoms with Crippen LogP contribution in [0.5, 0.6) is 0 Å². The molecule has 0 aliphatic carbocycles. The van der Waals surface area contributed by atoms with Crippen LogP contribution in [0, 0.1) is 11.8 Å². The van der Waals surface area contributed by atoms with Gasteiger partial charge in [0.25, 0.3) is 0 Å². The van der Waals surface area contributed by atoms with Crippen molar-refractivity contribution in [1.82, 2.24) is 4.90 Å². The minimum absolute atomic E-state index is 0.236. The summed E-state index contributed by atoms with van der Waals surface area (Å²) >= 11 is 0. The van der Waals surface area contributed by atoms with Crippen LogP contribution in [0.15, 0.2) is 60.7 Å². The average Bonchev–Trinajstić information content (AvgIpc) is 2.73. The summed E-state index contributed by atoms with van der Waals surface area (Å²) in [5.41, 5.74) is 1.15. The minimum Gasteiger partial charge on any atom is -0.464 e. The van der Waals surface area contributed by atoms with Gasteiger partial charge >= 0.3 is 12.1 Å². The summed E-state index contributed by atoms with van der Waals surface area (Å²) in [6, 6.07) is 18.4. The Kier molecular flexibility index (Phi) is 9.14. The first-order valence-electron chi connectivity index (χ1n) is 10.5. The monoisotopic (exact) mass is 421 g/mol. The van der Waals surface area contributed by atoms with Gasteiger partial charge in [0.15, 0.2) is 0 Å². The van der Waals surface area contributed by atoms with Crippen LogP contribution in [0.25, 0.3) is 0 Å². The number of carbonyl (C=O) groups excluding carboxylic acids is 2. The maximum Gasteiger partial charge on any atom is 0.411 e. The van der Waals surface area contributed by atoms with Crippen LogP contribution in [0.3, 0.4) is 0 Å². The van der Waals surface area contributed by atoms with Gasteiger partial charge in [0, 0.05) is 24.9 Å². The predicted octanol–water partition coefficient (Wildman–Crippen LogP) is 4.84. The normalized spacial score (nSPS) is 11.6. The van der Waals surface area contributed by atoms with Crippen LogP contribution in [-0.2, 0) is 20.7 Å². The summed E-state index contributed by atoms with van der Waals surface area (Å²) in [6.07, 6.45) is 0.187. The van der Waals surface area contributed by atoms with Crippen LogP contribution in [0.2, 0.25) is 0 Å². The number of hydrogen-bond acceptors (Lipinski definition) is 4. The van der Waals surface area contributed by atoms with E-state index in [1.165, 1.54) is 4.90 Å². The maximum absolute atomic E-state index is 13.0. The Morgan fingerprint density at radius 1 is 1.00 bits per heavy atom. The lowest BCUT2D eigenvalue weighted by atomic mass is 10.0. The number of nitrogens with zero attached hydrogens (tertiary/aromatic N) is 1. The molecule has 164 valence electrons. The topological polar surface area (TPSA) is 55.8 Å². The third kappa shape index (κ3) is 8.55. The first-order chi connectivity index (χ1) is 14.8. The zero-order valence-electron chi connectivity index (χ0n) is 18.8. The van der Waals surface area contributed by atoms with Crippen LogP contribution < -0.4 is 0 Å². The van der Waals surface area contributed by atoms with E-state index in [9.17, 15) is 9.59 Å². The van der Waals surface area contributed by atoms with Crippen molar-refractivity contribution in [2.24, 2.45) is 0 Å². The summed E-state index contributed by atoms with van der Waals surface area (Å²) in [4.78, 5) is 27.3. The molecule has 0 saturated carbocycles. The van der Waals surface area contributed by atoms with E-state index in [1.807, 2.05) is 60.7 Å². The van der Waals surface area contributed by atoms with Gasteiger partial charge in [0.05, 0.1) is 6.61 Å². The Bertz CT molecular complexity index is 892. The van der Waals surface area contributed by atoms with Gasteiger partial charge in [-0.25, -0.2) is 9.59 Å². The van der Waals surface area contributed by atoms with Crippen molar-refractivity contribution in [3.05, 3.63) is 71.8 Å². The number of benzene rings is 2. The molecule has 0 N–H and O–H groups in total. The van der Waals surface area contributed by atoms with Crippen LogP contribution in [0.4, 0.5) is 4.79 Å². The highest BCUT2D eigenvalue weighted by molar-refractivity contribution is 5.82. The summed E-state index contributed by atoms with van der Waals surface area (Å²) in [5, 5.41) is 0. The lowest BCUT2D eigenvalue weighted by molar-refractivity contribution is -0.149. The SMILES string of the molecule is CCOC(=O)C(Cc1ccccc1)N(CCC#Cc1ccccc1)C(=O)OC(C)(C)C. The van der Waals surface area contributed by atoms with E-state index in [0.29, 0.717) is 12.8 Å². The van der Waals surface area contributed by atoms with E-state index in [4.69, 9.17) is 9.47 Å². The minimum atomic E-state index is -0.796. The molecular weight excluding hydrogens is 390 g/mol. The van der Waals surface area contributed by atoms with Crippen molar-refractivity contribution in [3.63, 3.8) is 0 Å². The second-order valence-corrected chi connectivity index (χ2v) is 8.05. The van der Waals surface area contributed by atoms with Crippen LogP contribution in [-0.4, -0.2) is 41.8 Å². The van der Waals surface area contributed by atoms with Gasteiger partial charge in [-0.1, -0.05) is 60.4 Å². The van der Waals surface area contributed by atoms with E-state index < -0.39 is 23.7 Å². The highest BCUT2D eigenvalue weighted by atomic mass is 16.6. The van der Waals surface area contributed by atoms with Gasteiger partial charge in [0.1, 0.15) is 11.6 Å². The van der Waals surface area contributed by atoms with E-state index in [2.05, 4.69) is 11.8 Å². The van der Waals surface area contributed by atoms with E-state index in [1.54, 1.807) is 27.7 Å². The standard InChI is InChI=1S/C26H31NO4/c1-5-30-24(28)23(20-22-17-10-7-11-18-22)27(25(29)31-26(2,3)4)19-13-12-16-21-14-8-6-9-15-21/h6-11,14-15,17-18,23H,5,13,19-20H2,1-4H3. The van der Waals surface area contributed by atoms with Crippen molar-refractivity contribution in [1.29, 1.82) is 0 Å². The van der Waals surface area contributed by atoms with E-state index in [-0.39, 0.29) is 13.2 Å². The Morgan fingerprint density at radius 3 is 2.19 bits per heavy atom. The zero-order chi connectivity index (χ0) is 22.7. The summed E-state index contributed by atoms with van der Waals surface area (Å²) in [6.45, 7) is 7.64. The Morgan fingerprint density at radius 2 is 1.61 bits per heavy atom. The third-order valence-electron chi connectivity index (χ3n) is 4.32. The molecule has 0 bridgehead atoms. The van der Waals surface area contributed by atoms with Crippen molar-refractivity contribution in [2.45, 2.75) is 52.2 Å². The molecule has 0 radical (unpaired) electrons. The molecule has 0 aliphatic rings. The van der Waals surface area contributed by atoms with Crippen LogP contribution in [0.1, 0.15) is 45.2 Å². The maximum atomic E-state index is 13.0. The number of amides is 1. The van der Waals surface area contributed by atoms with E-state index in [0.717, 1.165) is 11.1 Å². The molecule has 5 nitrogen and oxygen atoms in total. The number of hydrogen-bond donors (Lipinski definition) is 0. The van der Waals surface area contributed by atoms with Crippen molar-refractivity contribution >= 4 is 12.1 Å². The molecule has 1 amide bonds. The van der Waals surface area contributed by atoms with Gasteiger partial charge in [-0.15, -0.1) is 0 Å². The molecule has 0 heterocycles. The number of ether oxygens (including phenoxy) is 2. The molecule has 0 fully saturated rings. The first-order valence-corrected chi connectivity index (χ1v) is 10.5. The molecule has 2 rings (SSSR count). The molecule has 2 aromatic carbocycles. The predicted molar refractivity (Wildman–Crippen MR) is 121 cm³/mol. The molecule has 1 atom stereocenters. The zero-order valence-corrected chi connectivity index (χ0v) is 18.8. The fourth-order valence-electron chi connectivity index (χ4n) is 2.95. The number of carbonyl (C=O) groups is 2. The third-order valence-corrected chi connectivity index (χ3v) is 4.32. The van der Waals surface area contributed by atoms with Crippen molar-refractivity contribution in [2.75, 3.05) is 13.2 Å². The highest BCUT2D eigenvalue weighted by Crippen LogP contribution is 2.17. The Balaban J connectivity index is 2.25. The molecule has 0 saturated heterocycles. The van der Waals surface area contributed by atoms with E-state index >= 15 is 0 Å². The fraction of sp³-hybridized carbons (Fsp3) is 0.385. The quantitative estimate of drug-likeness (QED) is 0.474. The lowest BCUT2D eigenvalue weighted by Gasteiger charge is -2.32. The van der Waals surface area contributed by atoms with Gasteiger partial charge in [-0.05, 0) is 45.4 Å². The second-order valence-electron chi connectivity index (χ2n) is 8.05. The Hall–Kier alpha value is -3.26. The average molecular weight is 422 g/mol. The summed E-state index contributed by atoms with van der Waals surface area (Å²) in [7, 11) is 0. The van der Waals surface area contributed by atoms with Crippen LogP contribution >= 0.6 is 0 Å². The molecular formula is C26H31NO4. The first kappa shape index (κ1) is 24.0. The molecule has 31 heavy (non-hydrogen) atoms. The van der Waals surface area contributed by atoms with Gasteiger partial charge in [0.2, 0.25) is 0 Å². The smallest absolute Gasteiger partial charge is 0.411 e. The molecule has 0 aromatic heterocycles. The van der Waals surface area contributed by atoms with Gasteiger partial charge in [-0.3, -0.25) is 4.90 Å². The summed E-state index contributed by atoms with van der Waals surface area (Å²) in [5.74, 6) is 5.72. The number of rotatable bonds is 7. The molecule has 1 unspecified atom stereocenters. The molecule has 0 aliphatic heterocycles.